The number of nitrogens with one attached hydrogen (secondary N) is 1. The second kappa shape index (κ2) is 7.13. The molecule has 0 spiro atoms. The number of halogens is 3. The largest absolute Gasteiger partial charge is 0.496 e. The number of methoxy groups -OCH3 is 1. The highest BCUT2D eigenvalue weighted by molar-refractivity contribution is 5.33. The normalized spacial score (nSPS) is 10.7. The molecule has 0 aromatic heterocycles. The zero-order valence-electron chi connectivity index (χ0n) is 11.6. The van der Waals surface area contributed by atoms with Gasteiger partial charge in [-0.15, -0.1) is 0 Å². The predicted octanol–water partition coefficient (Wildman–Crippen LogP) is 3.44. The first-order chi connectivity index (χ1) is 10.1. The highest BCUT2D eigenvalue weighted by Gasteiger charge is 2.09. The van der Waals surface area contributed by atoms with Gasteiger partial charge < -0.3 is 10.1 Å². The van der Waals surface area contributed by atoms with Crippen LogP contribution in [0.25, 0.3) is 0 Å². The molecule has 2 nitrogen and oxygen atoms in total. The number of para-hydroxylation sites is 1. The van der Waals surface area contributed by atoms with E-state index in [1.54, 1.807) is 7.11 Å². The van der Waals surface area contributed by atoms with E-state index in [-0.39, 0.29) is 12.1 Å². The molecule has 0 atom stereocenters. The lowest BCUT2D eigenvalue weighted by Crippen LogP contribution is -2.18. The Bertz CT molecular complexity index is 616. The van der Waals surface area contributed by atoms with Crippen LogP contribution >= 0.6 is 0 Å². The molecule has 0 amide bonds. The molecule has 2 aromatic carbocycles. The zero-order valence-corrected chi connectivity index (χ0v) is 11.6. The lowest BCUT2D eigenvalue weighted by molar-refractivity contribution is 0.409. The minimum absolute atomic E-state index is 0.105. The Balaban J connectivity index is 1.89. The molecule has 21 heavy (non-hydrogen) atoms. The Labute approximate surface area is 121 Å². The van der Waals surface area contributed by atoms with Crippen molar-refractivity contribution in [1.29, 1.82) is 0 Å². The van der Waals surface area contributed by atoms with Crippen molar-refractivity contribution in [3.63, 3.8) is 0 Å². The zero-order chi connectivity index (χ0) is 15.2. The van der Waals surface area contributed by atoms with Crippen molar-refractivity contribution in [2.24, 2.45) is 0 Å². The van der Waals surface area contributed by atoms with Gasteiger partial charge in [-0.2, -0.15) is 0 Å². The first kappa shape index (κ1) is 15.4. The van der Waals surface area contributed by atoms with E-state index in [1.165, 1.54) is 0 Å². The van der Waals surface area contributed by atoms with Gasteiger partial charge in [0.05, 0.1) is 7.11 Å². The second-order valence-electron chi connectivity index (χ2n) is 4.60. The van der Waals surface area contributed by atoms with Crippen molar-refractivity contribution in [1.82, 2.24) is 5.32 Å². The Hall–Kier alpha value is -2.01. The Kier molecular flexibility index (Phi) is 5.22. The third kappa shape index (κ3) is 3.98. The summed E-state index contributed by atoms with van der Waals surface area (Å²) in [4.78, 5) is 0. The number of rotatable bonds is 6. The Morgan fingerprint density at radius 1 is 0.952 bits per heavy atom. The molecule has 2 aromatic rings. The fraction of sp³-hybridized carbons (Fsp3) is 0.250. The van der Waals surface area contributed by atoms with Gasteiger partial charge in [0.2, 0.25) is 0 Å². The predicted molar refractivity (Wildman–Crippen MR) is 74.7 cm³/mol. The van der Waals surface area contributed by atoms with Crippen molar-refractivity contribution in [3.05, 3.63) is 65.0 Å². The van der Waals surface area contributed by atoms with Gasteiger partial charge in [0.25, 0.3) is 0 Å². The molecule has 0 aliphatic heterocycles. The fourth-order valence-corrected chi connectivity index (χ4v) is 2.05. The monoisotopic (exact) mass is 295 g/mol. The van der Waals surface area contributed by atoms with Crippen LogP contribution in [0.15, 0.2) is 36.4 Å². The molecule has 112 valence electrons. The maximum absolute atomic E-state index is 13.4. The lowest BCUT2D eigenvalue weighted by Gasteiger charge is -2.09. The minimum Gasteiger partial charge on any atom is -0.496 e. The van der Waals surface area contributed by atoms with Crippen molar-refractivity contribution in [2.75, 3.05) is 13.7 Å². The van der Waals surface area contributed by atoms with Gasteiger partial charge in [-0.05, 0) is 30.7 Å². The molecule has 0 aliphatic carbocycles. The number of benzene rings is 2. The van der Waals surface area contributed by atoms with Crippen molar-refractivity contribution >= 4 is 0 Å². The molecule has 2 rings (SSSR count). The van der Waals surface area contributed by atoms with Gasteiger partial charge in [0.1, 0.15) is 11.6 Å². The second-order valence-corrected chi connectivity index (χ2v) is 4.60. The van der Waals surface area contributed by atoms with Crippen molar-refractivity contribution < 1.29 is 17.9 Å². The third-order valence-corrected chi connectivity index (χ3v) is 3.17. The Morgan fingerprint density at radius 2 is 1.67 bits per heavy atom. The number of hydrogen-bond acceptors (Lipinski definition) is 2. The average Bonchev–Trinajstić information content (AvgIpc) is 2.49. The van der Waals surface area contributed by atoms with E-state index in [0.717, 1.165) is 17.4 Å². The molecule has 0 unspecified atom stereocenters. The smallest absolute Gasteiger partial charge is 0.161 e. The molecule has 0 bridgehead atoms. The molecule has 0 heterocycles. The number of hydrogen-bond donors (Lipinski definition) is 1. The van der Waals surface area contributed by atoms with Crippen LogP contribution < -0.4 is 10.1 Å². The highest BCUT2D eigenvalue weighted by Crippen LogP contribution is 2.17. The maximum atomic E-state index is 13.4. The minimum atomic E-state index is -1.18. The van der Waals surface area contributed by atoms with Crippen LogP contribution in [0, 0.1) is 17.5 Å². The van der Waals surface area contributed by atoms with E-state index in [2.05, 4.69) is 5.32 Å². The van der Waals surface area contributed by atoms with Gasteiger partial charge in [-0.3, -0.25) is 0 Å². The van der Waals surface area contributed by atoms with Gasteiger partial charge in [0, 0.05) is 18.2 Å². The van der Waals surface area contributed by atoms with Crippen LogP contribution in [-0.2, 0) is 13.0 Å². The van der Waals surface area contributed by atoms with Crippen LogP contribution in [0.4, 0.5) is 13.2 Å². The van der Waals surface area contributed by atoms with Gasteiger partial charge in [0.15, 0.2) is 11.6 Å². The van der Waals surface area contributed by atoms with E-state index in [4.69, 9.17) is 4.74 Å². The third-order valence-electron chi connectivity index (χ3n) is 3.17. The average molecular weight is 295 g/mol. The van der Waals surface area contributed by atoms with Crippen LogP contribution in [0.3, 0.4) is 0 Å². The van der Waals surface area contributed by atoms with Crippen LogP contribution in [0.2, 0.25) is 0 Å². The summed E-state index contributed by atoms with van der Waals surface area (Å²) in [5.41, 5.74) is 1.13. The molecule has 0 radical (unpaired) electrons. The summed E-state index contributed by atoms with van der Waals surface area (Å²) in [5.74, 6) is -2.18. The summed E-state index contributed by atoms with van der Waals surface area (Å²) in [6.45, 7) is 0.705. The molecule has 5 heteroatoms. The molecule has 0 aliphatic rings. The molecule has 1 N–H and O–H groups in total. The molecule has 0 saturated heterocycles. The van der Waals surface area contributed by atoms with E-state index in [9.17, 15) is 13.2 Å². The molecular weight excluding hydrogens is 279 g/mol. The first-order valence-corrected chi connectivity index (χ1v) is 6.58. The molecule has 0 saturated carbocycles. The maximum Gasteiger partial charge on any atom is 0.161 e. The summed E-state index contributed by atoms with van der Waals surface area (Å²) < 4.78 is 44.5. The van der Waals surface area contributed by atoms with Gasteiger partial charge in [-0.1, -0.05) is 18.2 Å². The molecule has 0 fully saturated rings. The van der Waals surface area contributed by atoms with Gasteiger partial charge in [-0.25, -0.2) is 13.2 Å². The summed E-state index contributed by atoms with van der Waals surface area (Å²) in [6, 6.07) is 9.04. The topological polar surface area (TPSA) is 21.3 Å². The Morgan fingerprint density at radius 3 is 2.43 bits per heavy atom. The SMILES string of the molecule is COc1ccccc1CCNCc1cc(F)c(F)cc1F. The van der Waals surface area contributed by atoms with Crippen molar-refractivity contribution in [3.8, 4) is 5.75 Å². The number of ether oxygens (including phenoxy) is 1. The quantitative estimate of drug-likeness (QED) is 0.651. The summed E-state index contributed by atoms with van der Waals surface area (Å²) in [5, 5.41) is 3.00. The summed E-state index contributed by atoms with van der Waals surface area (Å²) >= 11 is 0. The van der Waals surface area contributed by atoms with E-state index >= 15 is 0 Å². The summed E-state index contributed by atoms with van der Waals surface area (Å²) in [6.07, 6.45) is 0.690. The van der Waals surface area contributed by atoms with E-state index < -0.39 is 17.5 Å². The van der Waals surface area contributed by atoms with Crippen LogP contribution in [0.5, 0.6) is 5.75 Å². The standard InChI is InChI=1S/C16H16F3NO/c1-21-16-5-3-2-4-11(16)6-7-20-10-12-8-14(18)15(19)9-13(12)17/h2-5,8-9,20H,6-7,10H2,1H3. The van der Waals surface area contributed by atoms with Crippen molar-refractivity contribution in [2.45, 2.75) is 13.0 Å². The first-order valence-electron chi connectivity index (χ1n) is 6.58. The lowest BCUT2D eigenvalue weighted by atomic mass is 10.1. The molecular formula is C16H16F3NO. The summed E-state index contributed by atoms with van der Waals surface area (Å²) in [7, 11) is 1.60. The highest BCUT2D eigenvalue weighted by atomic mass is 19.2. The fourth-order valence-electron chi connectivity index (χ4n) is 2.05. The van der Waals surface area contributed by atoms with E-state index in [0.29, 0.717) is 19.0 Å². The van der Waals surface area contributed by atoms with Crippen LogP contribution in [-0.4, -0.2) is 13.7 Å². The van der Waals surface area contributed by atoms with Gasteiger partial charge >= 0.3 is 0 Å². The van der Waals surface area contributed by atoms with Crippen LogP contribution in [0.1, 0.15) is 11.1 Å². The van der Waals surface area contributed by atoms with E-state index in [1.807, 2.05) is 24.3 Å².